The summed E-state index contributed by atoms with van der Waals surface area (Å²) in [6.45, 7) is 2.53. The highest BCUT2D eigenvalue weighted by Crippen LogP contribution is 2.31. The number of nitrogens with one attached hydrogen (secondary N) is 1. The molecule has 0 aliphatic carbocycles. The highest BCUT2D eigenvalue weighted by molar-refractivity contribution is 7.89. The van der Waals surface area contributed by atoms with Crippen LogP contribution in [0.2, 0.25) is 0 Å². The van der Waals surface area contributed by atoms with E-state index < -0.39 is 10.0 Å². The molecule has 0 amide bonds. The lowest BCUT2D eigenvalue weighted by Gasteiger charge is -2.21. The molecule has 28 heavy (non-hydrogen) atoms. The van der Waals surface area contributed by atoms with Gasteiger partial charge in [0.15, 0.2) is 11.5 Å². The summed E-state index contributed by atoms with van der Waals surface area (Å²) in [5.74, 6) is 0.820. The maximum atomic E-state index is 12.9. The molecule has 2 aromatic carbocycles. The van der Waals surface area contributed by atoms with Gasteiger partial charge in [0.1, 0.15) is 13.2 Å². The lowest BCUT2D eigenvalue weighted by molar-refractivity contribution is 0.271. The first kappa shape index (κ1) is 18.5. The number of aromatic nitrogens is 2. The molecule has 0 saturated heterocycles. The Balaban J connectivity index is 1.61. The van der Waals surface area contributed by atoms with E-state index in [9.17, 15) is 13.2 Å². The van der Waals surface area contributed by atoms with Gasteiger partial charge >= 0.3 is 0 Å². The van der Waals surface area contributed by atoms with Crippen LogP contribution in [0.15, 0.2) is 52.4 Å². The predicted octanol–water partition coefficient (Wildman–Crippen LogP) is 1.69. The summed E-state index contributed by atoms with van der Waals surface area (Å²) < 4.78 is 38.7. The number of hydrogen-bond acceptors (Lipinski definition) is 6. The molecule has 2 heterocycles. The van der Waals surface area contributed by atoms with Crippen LogP contribution in [0.5, 0.6) is 11.5 Å². The van der Waals surface area contributed by atoms with E-state index >= 15 is 0 Å². The molecule has 1 aliphatic heterocycles. The SMILES string of the molecule is Cc1ccc(S(=O)(=O)N2CCOc3cc4nc[nH]c(=O)c4cc3OCC2)cc1. The average Bonchev–Trinajstić information content (AvgIpc) is 2.77. The van der Waals surface area contributed by atoms with Gasteiger partial charge < -0.3 is 14.5 Å². The van der Waals surface area contributed by atoms with Crippen molar-refractivity contribution in [3.8, 4) is 11.5 Å². The second-order valence-corrected chi connectivity index (χ2v) is 8.40. The first-order valence-corrected chi connectivity index (χ1v) is 10.2. The highest BCUT2D eigenvalue weighted by Gasteiger charge is 2.26. The van der Waals surface area contributed by atoms with E-state index in [2.05, 4.69) is 9.97 Å². The number of aryl methyl sites for hydroxylation is 1. The lowest BCUT2D eigenvalue weighted by atomic mass is 10.2. The third kappa shape index (κ3) is 3.46. The van der Waals surface area contributed by atoms with Crippen LogP contribution in [0.3, 0.4) is 0 Å². The van der Waals surface area contributed by atoms with E-state index in [1.165, 1.54) is 10.6 Å². The Labute approximate surface area is 161 Å². The summed E-state index contributed by atoms with van der Waals surface area (Å²) in [5.41, 5.74) is 1.19. The molecule has 0 radical (unpaired) electrons. The summed E-state index contributed by atoms with van der Waals surface area (Å²) in [6, 6.07) is 9.92. The number of H-pyrrole nitrogens is 1. The standard InChI is InChI=1S/C19H19N3O5S/c1-13-2-4-14(5-3-13)28(24,25)22-6-8-26-17-10-15-16(20-12-21-19(15)23)11-18(17)27-9-7-22/h2-5,10-12H,6-9H2,1H3,(H,20,21,23). The number of nitrogens with zero attached hydrogens (tertiary/aromatic N) is 2. The first-order valence-electron chi connectivity index (χ1n) is 8.79. The molecule has 0 bridgehead atoms. The zero-order chi connectivity index (χ0) is 19.7. The van der Waals surface area contributed by atoms with Crippen LogP contribution in [0.25, 0.3) is 10.9 Å². The van der Waals surface area contributed by atoms with Crippen LogP contribution in [0.4, 0.5) is 0 Å². The molecule has 3 aromatic rings. The van der Waals surface area contributed by atoms with Crippen molar-refractivity contribution in [2.45, 2.75) is 11.8 Å². The van der Waals surface area contributed by atoms with Crippen molar-refractivity contribution in [1.29, 1.82) is 0 Å². The molecule has 0 atom stereocenters. The molecule has 8 nitrogen and oxygen atoms in total. The quantitative estimate of drug-likeness (QED) is 0.701. The van der Waals surface area contributed by atoms with Crippen molar-refractivity contribution < 1.29 is 17.9 Å². The number of rotatable bonds is 2. The van der Waals surface area contributed by atoms with Gasteiger partial charge in [-0.1, -0.05) is 17.7 Å². The maximum absolute atomic E-state index is 12.9. The minimum atomic E-state index is -3.66. The largest absolute Gasteiger partial charge is 0.488 e. The van der Waals surface area contributed by atoms with Crippen molar-refractivity contribution in [2.75, 3.05) is 26.3 Å². The molecule has 1 N–H and O–H groups in total. The molecule has 9 heteroatoms. The van der Waals surface area contributed by atoms with Crippen LogP contribution < -0.4 is 15.0 Å². The van der Waals surface area contributed by atoms with E-state index in [0.29, 0.717) is 22.4 Å². The van der Waals surface area contributed by atoms with Gasteiger partial charge in [-0.15, -0.1) is 0 Å². The number of ether oxygens (including phenoxy) is 2. The Bertz CT molecular complexity index is 1170. The van der Waals surface area contributed by atoms with E-state index in [0.717, 1.165) is 5.56 Å². The summed E-state index contributed by atoms with van der Waals surface area (Å²) in [4.78, 5) is 18.9. The zero-order valence-electron chi connectivity index (χ0n) is 15.2. The Kier molecular flexibility index (Phi) is 4.78. The molecule has 146 valence electrons. The Hall–Kier alpha value is -2.91. The molecule has 0 saturated carbocycles. The Morgan fingerprint density at radius 3 is 2.36 bits per heavy atom. The number of fused-ring (bicyclic) bond motifs is 2. The topological polar surface area (TPSA) is 102 Å². The smallest absolute Gasteiger partial charge is 0.258 e. The zero-order valence-corrected chi connectivity index (χ0v) is 16.0. The minimum absolute atomic E-state index is 0.130. The average molecular weight is 401 g/mol. The molecule has 0 fully saturated rings. The number of benzene rings is 2. The third-order valence-electron chi connectivity index (χ3n) is 4.56. The predicted molar refractivity (Wildman–Crippen MR) is 103 cm³/mol. The lowest BCUT2D eigenvalue weighted by Crippen LogP contribution is -2.37. The van der Waals surface area contributed by atoms with Gasteiger partial charge in [0, 0.05) is 19.2 Å². The van der Waals surface area contributed by atoms with E-state index in [4.69, 9.17) is 9.47 Å². The summed E-state index contributed by atoms with van der Waals surface area (Å²) >= 11 is 0. The minimum Gasteiger partial charge on any atom is -0.488 e. The Morgan fingerprint density at radius 2 is 1.68 bits per heavy atom. The summed E-state index contributed by atoms with van der Waals surface area (Å²) in [6.07, 6.45) is 1.32. The van der Waals surface area contributed by atoms with Crippen molar-refractivity contribution in [1.82, 2.24) is 14.3 Å². The molecule has 1 aliphatic rings. The van der Waals surface area contributed by atoms with Gasteiger partial charge in [-0.05, 0) is 25.1 Å². The molecule has 0 unspecified atom stereocenters. The fourth-order valence-electron chi connectivity index (χ4n) is 3.03. The van der Waals surface area contributed by atoms with Crippen LogP contribution >= 0.6 is 0 Å². The van der Waals surface area contributed by atoms with Gasteiger partial charge in [-0.2, -0.15) is 4.31 Å². The second-order valence-electron chi connectivity index (χ2n) is 6.46. The maximum Gasteiger partial charge on any atom is 0.258 e. The number of aromatic amines is 1. The highest BCUT2D eigenvalue weighted by atomic mass is 32.2. The van der Waals surface area contributed by atoms with Gasteiger partial charge in [0.2, 0.25) is 10.0 Å². The van der Waals surface area contributed by atoms with Crippen molar-refractivity contribution in [2.24, 2.45) is 0 Å². The first-order chi connectivity index (χ1) is 13.4. The van der Waals surface area contributed by atoms with Crippen LogP contribution in [0.1, 0.15) is 5.56 Å². The summed E-state index contributed by atoms with van der Waals surface area (Å²) in [5, 5.41) is 0.383. The molecule has 4 rings (SSSR count). The van der Waals surface area contributed by atoms with Gasteiger partial charge in [-0.25, -0.2) is 13.4 Å². The Morgan fingerprint density at radius 1 is 1.04 bits per heavy atom. The van der Waals surface area contributed by atoms with Gasteiger partial charge in [-0.3, -0.25) is 4.79 Å². The van der Waals surface area contributed by atoms with Gasteiger partial charge in [0.05, 0.1) is 22.1 Å². The fourth-order valence-corrected chi connectivity index (χ4v) is 4.44. The molecule has 0 spiro atoms. The number of hydrogen-bond donors (Lipinski definition) is 1. The van der Waals surface area contributed by atoms with Crippen LogP contribution in [0, 0.1) is 6.92 Å². The normalized spacial score (nSPS) is 15.6. The number of sulfonamides is 1. The second kappa shape index (κ2) is 7.25. The van der Waals surface area contributed by atoms with E-state index in [1.54, 1.807) is 36.4 Å². The molecular formula is C19H19N3O5S. The monoisotopic (exact) mass is 401 g/mol. The van der Waals surface area contributed by atoms with Crippen molar-refractivity contribution >= 4 is 20.9 Å². The van der Waals surface area contributed by atoms with Gasteiger partial charge in [0.25, 0.3) is 5.56 Å². The van der Waals surface area contributed by atoms with Crippen LogP contribution in [-0.4, -0.2) is 49.0 Å². The van der Waals surface area contributed by atoms with Crippen molar-refractivity contribution in [3.05, 3.63) is 58.6 Å². The molecular weight excluding hydrogens is 382 g/mol. The third-order valence-corrected chi connectivity index (χ3v) is 6.47. The summed E-state index contributed by atoms with van der Waals surface area (Å²) in [7, 11) is -3.66. The van der Waals surface area contributed by atoms with Crippen molar-refractivity contribution in [3.63, 3.8) is 0 Å². The van der Waals surface area contributed by atoms with E-state index in [-0.39, 0.29) is 36.8 Å². The van der Waals surface area contributed by atoms with Crippen LogP contribution in [-0.2, 0) is 10.0 Å². The fraction of sp³-hybridized carbons (Fsp3) is 0.263. The van der Waals surface area contributed by atoms with E-state index in [1.807, 2.05) is 6.92 Å². The molecule has 1 aromatic heterocycles.